The van der Waals surface area contributed by atoms with Crippen molar-refractivity contribution in [1.29, 1.82) is 5.26 Å². The first-order valence-corrected chi connectivity index (χ1v) is 10.5. The van der Waals surface area contributed by atoms with E-state index in [9.17, 15) is 14.9 Å². The molecule has 5 aromatic rings. The van der Waals surface area contributed by atoms with E-state index in [4.69, 9.17) is 0 Å². The van der Waals surface area contributed by atoms with Crippen molar-refractivity contribution in [2.75, 3.05) is 0 Å². The Bertz CT molecular complexity index is 1680. The third-order valence-electron chi connectivity index (χ3n) is 5.34. The molecule has 2 aromatic heterocycles. The summed E-state index contributed by atoms with van der Waals surface area (Å²) in [5, 5.41) is 18.8. The van der Waals surface area contributed by atoms with Gasteiger partial charge in [0.1, 0.15) is 11.6 Å². The third-order valence-corrected chi connectivity index (χ3v) is 5.34. The molecule has 0 fully saturated rings. The van der Waals surface area contributed by atoms with E-state index < -0.39 is 11.1 Å². The van der Waals surface area contributed by atoms with Crippen LogP contribution in [-0.2, 0) is 0 Å². The lowest BCUT2D eigenvalue weighted by atomic mass is 10.1. The summed E-state index contributed by atoms with van der Waals surface area (Å²) in [7, 11) is 0. The summed E-state index contributed by atoms with van der Waals surface area (Å²) in [5.41, 5.74) is 1.12. The van der Waals surface area contributed by atoms with Gasteiger partial charge in [-0.15, -0.1) is 0 Å². The molecule has 0 atom stereocenters. The highest BCUT2D eigenvalue weighted by atomic mass is 16.1. The average molecular weight is 443 g/mol. The Morgan fingerprint density at radius 3 is 2.09 bits per heavy atom. The zero-order valence-electron chi connectivity index (χ0n) is 17.9. The van der Waals surface area contributed by atoms with Crippen LogP contribution in [0.25, 0.3) is 27.8 Å². The van der Waals surface area contributed by atoms with Crippen molar-refractivity contribution in [3.8, 4) is 23.0 Å². The molecular weight excluding hydrogens is 426 g/mol. The van der Waals surface area contributed by atoms with E-state index in [1.807, 2.05) is 66.7 Å². The van der Waals surface area contributed by atoms with Crippen molar-refractivity contribution < 1.29 is 0 Å². The molecule has 3 aromatic carbocycles. The molecule has 0 saturated carbocycles. The quantitative estimate of drug-likeness (QED) is 0.393. The van der Waals surface area contributed by atoms with E-state index in [-0.39, 0.29) is 16.5 Å². The maximum atomic E-state index is 13.7. The van der Waals surface area contributed by atoms with Crippen LogP contribution in [0.5, 0.6) is 0 Å². The van der Waals surface area contributed by atoms with Gasteiger partial charge in [0.05, 0.1) is 17.6 Å². The van der Waals surface area contributed by atoms with Crippen molar-refractivity contribution >= 4 is 17.1 Å². The largest absolute Gasteiger partial charge is 0.299 e. The summed E-state index contributed by atoms with van der Waals surface area (Å²) in [5.74, 6) is 0. The van der Waals surface area contributed by atoms with Gasteiger partial charge >= 0.3 is 0 Å². The van der Waals surface area contributed by atoms with Gasteiger partial charge in [-0.25, -0.2) is 0 Å². The minimum absolute atomic E-state index is 0.0232. The second-order valence-electron chi connectivity index (χ2n) is 7.47. The Kier molecular flexibility index (Phi) is 5.38. The number of nitrogens with zero attached hydrogens (tertiary/aromatic N) is 5. The smallest absolute Gasteiger partial charge is 0.266 e. The summed E-state index contributed by atoms with van der Waals surface area (Å²) in [6, 6.07) is 30.9. The first-order chi connectivity index (χ1) is 16.7. The van der Waals surface area contributed by atoms with Crippen molar-refractivity contribution in [1.82, 2.24) is 14.5 Å². The third kappa shape index (κ3) is 3.70. The fourth-order valence-corrected chi connectivity index (χ4v) is 3.69. The van der Waals surface area contributed by atoms with Crippen LogP contribution in [0.1, 0.15) is 11.1 Å². The summed E-state index contributed by atoms with van der Waals surface area (Å²) >= 11 is 0. The van der Waals surface area contributed by atoms with Crippen molar-refractivity contribution in [2.24, 2.45) is 5.10 Å². The minimum atomic E-state index is -0.592. The molecule has 0 spiro atoms. The fraction of sp³-hybridized carbons (Fsp3) is 0. The van der Waals surface area contributed by atoms with Gasteiger partial charge in [-0.2, -0.15) is 24.8 Å². The monoisotopic (exact) mass is 443 g/mol. The number of benzene rings is 3. The Hall–Kier alpha value is -5.09. The van der Waals surface area contributed by atoms with Crippen LogP contribution >= 0.6 is 0 Å². The molecule has 0 saturated heterocycles. The molecule has 162 valence electrons. The van der Waals surface area contributed by atoms with E-state index in [1.54, 1.807) is 42.6 Å². The van der Waals surface area contributed by atoms with E-state index in [0.29, 0.717) is 16.9 Å². The Balaban J connectivity index is 1.85. The molecule has 7 nitrogen and oxygen atoms in total. The van der Waals surface area contributed by atoms with Gasteiger partial charge in [0.25, 0.3) is 11.1 Å². The number of nitriles is 1. The standard InChI is InChI=1S/C27H17N5O2/c28-17-23-22-16-24(20-12-6-2-7-13-20)32(29-18-19-10-4-1-5-11-19)27(34)25(22)30-31(26(23)33)21-14-8-3-9-15-21/h1-16,18H/b29-18+. The molecule has 0 bridgehead atoms. The predicted molar refractivity (Wildman–Crippen MR) is 131 cm³/mol. The van der Waals surface area contributed by atoms with E-state index in [1.165, 1.54) is 4.68 Å². The fourth-order valence-electron chi connectivity index (χ4n) is 3.69. The molecule has 5 rings (SSSR count). The minimum Gasteiger partial charge on any atom is -0.266 e. The number of rotatable bonds is 4. The second kappa shape index (κ2) is 8.81. The van der Waals surface area contributed by atoms with Gasteiger partial charge in [0.2, 0.25) is 0 Å². The molecule has 34 heavy (non-hydrogen) atoms. The lowest BCUT2D eigenvalue weighted by molar-refractivity contribution is 0.802. The van der Waals surface area contributed by atoms with Crippen molar-refractivity contribution in [2.45, 2.75) is 0 Å². The van der Waals surface area contributed by atoms with E-state index in [0.717, 1.165) is 10.2 Å². The summed E-state index contributed by atoms with van der Waals surface area (Å²) in [6.07, 6.45) is 1.58. The lowest BCUT2D eigenvalue weighted by Crippen LogP contribution is -2.28. The Morgan fingerprint density at radius 1 is 0.824 bits per heavy atom. The van der Waals surface area contributed by atoms with Gasteiger partial charge in [-0.3, -0.25) is 9.59 Å². The first kappa shape index (κ1) is 20.8. The highest BCUT2D eigenvalue weighted by Crippen LogP contribution is 2.23. The molecular formula is C27H17N5O2. The van der Waals surface area contributed by atoms with E-state index in [2.05, 4.69) is 10.2 Å². The van der Waals surface area contributed by atoms with E-state index >= 15 is 0 Å². The maximum absolute atomic E-state index is 13.7. The zero-order chi connectivity index (χ0) is 23.5. The number of hydrogen-bond acceptors (Lipinski definition) is 5. The van der Waals surface area contributed by atoms with Gasteiger partial charge in [-0.05, 0) is 23.8 Å². The number of para-hydroxylation sites is 1. The predicted octanol–water partition coefficient (Wildman–Crippen LogP) is 3.97. The molecule has 0 unspecified atom stereocenters. The Labute approximate surface area is 194 Å². The molecule has 0 radical (unpaired) electrons. The molecule has 0 aliphatic carbocycles. The number of hydrogen-bond donors (Lipinski definition) is 0. The highest BCUT2D eigenvalue weighted by Gasteiger charge is 2.19. The van der Waals surface area contributed by atoms with Crippen LogP contribution in [0.15, 0.2) is 112 Å². The highest BCUT2D eigenvalue weighted by molar-refractivity contribution is 5.87. The summed E-state index contributed by atoms with van der Waals surface area (Å²) in [4.78, 5) is 26.8. The van der Waals surface area contributed by atoms with Crippen molar-refractivity contribution in [3.63, 3.8) is 0 Å². The summed E-state index contributed by atoms with van der Waals surface area (Å²) in [6.45, 7) is 0. The zero-order valence-corrected chi connectivity index (χ0v) is 17.9. The van der Waals surface area contributed by atoms with Gasteiger partial charge in [0.15, 0.2) is 5.52 Å². The van der Waals surface area contributed by atoms with Crippen LogP contribution in [0.2, 0.25) is 0 Å². The van der Waals surface area contributed by atoms with Crippen LogP contribution in [-0.4, -0.2) is 20.7 Å². The topological polar surface area (TPSA) is 93.0 Å². The second-order valence-corrected chi connectivity index (χ2v) is 7.47. The van der Waals surface area contributed by atoms with Crippen molar-refractivity contribution in [3.05, 3.63) is 129 Å². The average Bonchev–Trinajstić information content (AvgIpc) is 2.89. The molecule has 0 aliphatic rings. The number of aromatic nitrogens is 3. The Morgan fingerprint density at radius 2 is 1.44 bits per heavy atom. The van der Waals surface area contributed by atoms with Crippen LogP contribution in [0.4, 0.5) is 0 Å². The van der Waals surface area contributed by atoms with Gasteiger partial charge in [-0.1, -0.05) is 78.9 Å². The molecule has 0 amide bonds. The number of pyridine rings is 1. The molecule has 2 heterocycles. The lowest BCUT2D eigenvalue weighted by Gasteiger charge is -2.12. The SMILES string of the molecule is N#Cc1c(=O)n(-c2ccccc2)nc2c(=O)n(/N=C/c3ccccc3)c(-c3ccccc3)cc12. The van der Waals surface area contributed by atoms with Gasteiger partial charge in [0, 0.05) is 10.9 Å². The first-order valence-electron chi connectivity index (χ1n) is 10.5. The maximum Gasteiger partial charge on any atom is 0.299 e. The molecule has 0 N–H and O–H groups in total. The molecule has 7 heteroatoms. The van der Waals surface area contributed by atoms with Crippen LogP contribution < -0.4 is 11.1 Å². The normalized spacial score (nSPS) is 11.0. The van der Waals surface area contributed by atoms with Gasteiger partial charge < -0.3 is 0 Å². The molecule has 0 aliphatic heterocycles. The number of fused-ring (bicyclic) bond motifs is 1. The van der Waals surface area contributed by atoms with Crippen LogP contribution in [0, 0.1) is 11.3 Å². The van der Waals surface area contributed by atoms with Crippen LogP contribution in [0.3, 0.4) is 0 Å². The summed E-state index contributed by atoms with van der Waals surface area (Å²) < 4.78 is 2.33.